The van der Waals surface area contributed by atoms with Crippen LogP contribution >= 0.6 is 0 Å². The molecule has 0 bridgehead atoms. The van der Waals surface area contributed by atoms with Gasteiger partial charge in [-0.15, -0.1) is 0 Å². The number of allylic oxidation sites excluding steroid dienone is 1. The van der Waals surface area contributed by atoms with Crippen molar-refractivity contribution in [3.8, 4) is 0 Å². The molecule has 0 aliphatic heterocycles. The van der Waals surface area contributed by atoms with Gasteiger partial charge in [-0.3, -0.25) is 4.79 Å². The molecule has 0 aliphatic rings. The third-order valence-corrected chi connectivity index (χ3v) is 1.24. The Morgan fingerprint density at radius 2 is 2.30 bits per heavy atom. The van der Waals surface area contributed by atoms with Crippen molar-refractivity contribution in [3.05, 3.63) is 11.8 Å². The van der Waals surface area contributed by atoms with E-state index in [1.165, 1.54) is 6.26 Å². The maximum atomic E-state index is 10.3. The van der Waals surface area contributed by atoms with E-state index in [0.29, 0.717) is 0 Å². The third kappa shape index (κ3) is 4.13. The van der Waals surface area contributed by atoms with Crippen LogP contribution in [0.5, 0.6) is 0 Å². The molecule has 0 saturated heterocycles. The molecule has 0 fully saturated rings. The lowest BCUT2D eigenvalue weighted by Gasteiger charge is -1.95. The SMILES string of the molecule is CCCCC(C=O)=COC. The number of carbonyl (C=O) groups is 1. The fourth-order valence-electron chi connectivity index (χ4n) is 0.678. The van der Waals surface area contributed by atoms with Gasteiger partial charge in [-0.05, 0) is 12.8 Å². The highest BCUT2D eigenvalue weighted by atomic mass is 16.5. The summed E-state index contributed by atoms with van der Waals surface area (Å²) in [4.78, 5) is 10.3. The van der Waals surface area contributed by atoms with Crippen molar-refractivity contribution in [2.75, 3.05) is 7.11 Å². The molecule has 0 aliphatic carbocycles. The first kappa shape index (κ1) is 9.21. The second-order valence-corrected chi connectivity index (χ2v) is 2.15. The first-order valence-corrected chi connectivity index (χ1v) is 3.52. The monoisotopic (exact) mass is 142 g/mol. The fourth-order valence-corrected chi connectivity index (χ4v) is 0.678. The van der Waals surface area contributed by atoms with E-state index in [-0.39, 0.29) is 0 Å². The van der Waals surface area contributed by atoms with Crippen LogP contribution in [0.15, 0.2) is 11.8 Å². The summed E-state index contributed by atoms with van der Waals surface area (Å²) in [6.07, 6.45) is 5.33. The predicted molar refractivity (Wildman–Crippen MR) is 40.7 cm³/mol. The van der Waals surface area contributed by atoms with Gasteiger partial charge in [0.25, 0.3) is 0 Å². The van der Waals surface area contributed by atoms with Crippen LogP contribution in [0.4, 0.5) is 0 Å². The third-order valence-electron chi connectivity index (χ3n) is 1.24. The van der Waals surface area contributed by atoms with Crippen LogP contribution in [0, 0.1) is 0 Å². The van der Waals surface area contributed by atoms with Gasteiger partial charge in [-0.25, -0.2) is 0 Å². The Morgan fingerprint density at radius 3 is 2.70 bits per heavy atom. The number of methoxy groups -OCH3 is 1. The molecule has 0 spiro atoms. The second-order valence-electron chi connectivity index (χ2n) is 2.15. The van der Waals surface area contributed by atoms with E-state index >= 15 is 0 Å². The molecule has 0 amide bonds. The minimum atomic E-state index is 0.740. The van der Waals surface area contributed by atoms with Gasteiger partial charge >= 0.3 is 0 Å². The zero-order chi connectivity index (χ0) is 7.82. The van der Waals surface area contributed by atoms with E-state index in [1.807, 2.05) is 0 Å². The van der Waals surface area contributed by atoms with Crippen LogP contribution in [0.2, 0.25) is 0 Å². The Bertz CT molecular complexity index is 116. The average Bonchev–Trinajstić information content (AvgIpc) is 1.98. The summed E-state index contributed by atoms with van der Waals surface area (Å²) < 4.78 is 4.70. The van der Waals surface area contributed by atoms with Crippen molar-refractivity contribution < 1.29 is 9.53 Å². The van der Waals surface area contributed by atoms with Crippen LogP contribution in [-0.2, 0) is 9.53 Å². The summed E-state index contributed by atoms with van der Waals surface area (Å²) in [7, 11) is 1.55. The summed E-state index contributed by atoms with van der Waals surface area (Å²) in [5.74, 6) is 0. The van der Waals surface area contributed by atoms with Crippen molar-refractivity contribution in [3.63, 3.8) is 0 Å². The van der Waals surface area contributed by atoms with Gasteiger partial charge in [-0.2, -0.15) is 0 Å². The summed E-state index contributed by atoms with van der Waals surface area (Å²) in [5.41, 5.74) is 0.740. The van der Waals surface area contributed by atoms with E-state index in [0.717, 1.165) is 31.1 Å². The summed E-state index contributed by atoms with van der Waals surface area (Å²) in [6, 6.07) is 0. The van der Waals surface area contributed by atoms with Crippen molar-refractivity contribution in [2.24, 2.45) is 0 Å². The molecular formula is C8H14O2. The molecule has 0 unspecified atom stereocenters. The minimum absolute atomic E-state index is 0.740. The fraction of sp³-hybridized carbons (Fsp3) is 0.625. The van der Waals surface area contributed by atoms with Gasteiger partial charge in [0.2, 0.25) is 0 Å². The van der Waals surface area contributed by atoms with Gasteiger partial charge in [0.1, 0.15) is 6.29 Å². The Labute approximate surface area is 61.9 Å². The number of rotatable bonds is 5. The molecule has 2 heteroatoms. The molecule has 58 valence electrons. The van der Waals surface area contributed by atoms with Crippen LogP contribution < -0.4 is 0 Å². The minimum Gasteiger partial charge on any atom is -0.504 e. The molecule has 0 aromatic rings. The molecule has 2 nitrogen and oxygen atoms in total. The molecule has 0 aromatic heterocycles. The largest absolute Gasteiger partial charge is 0.504 e. The second kappa shape index (κ2) is 6.33. The maximum absolute atomic E-state index is 10.3. The van der Waals surface area contributed by atoms with Gasteiger partial charge in [0, 0.05) is 5.57 Å². The molecule has 0 radical (unpaired) electrons. The van der Waals surface area contributed by atoms with Crippen LogP contribution in [-0.4, -0.2) is 13.4 Å². The van der Waals surface area contributed by atoms with Gasteiger partial charge in [0.15, 0.2) is 0 Å². The average molecular weight is 142 g/mol. The number of hydrogen-bond donors (Lipinski definition) is 0. The number of aldehydes is 1. The number of ether oxygens (including phenoxy) is 1. The van der Waals surface area contributed by atoms with Crippen LogP contribution in [0.25, 0.3) is 0 Å². The molecule has 0 rings (SSSR count). The Balaban J connectivity index is 3.60. The molecule has 0 aromatic carbocycles. The zero-order valence-corrected chi connectivity index (χ0v) is 6.59. The van der Waals surface area contributed by atoms with Crippen molar-refractivity contribution in [1.82, 2.24) is 0 Å². The highest BCUT2D eigenvalue weighted by Crippen LogP contribution is 2.03. The Kier molecular flexibility index (Phi) is 5.83. The molecular weight excluding hydrogens is 128 g/mol. The standard InChI is InChI=1S/C8H14O2/c1-3-4-5-8(6-9)7-10-2/h6-7H,3-5H2,1-2H3. The lowest BCUT2D eigenvalue weighted by Crippen LogP contribution is -1.85. The highest BCUT2D eigenvalue weighted by Gasteiger charge is 1.92. The Morgan fingerprint density at radius 1 is 1.60 bits per heavy atom. The molecule has 0 N–H and O–H groups in total. The number of carbonyl (C=O) groups excluding carboxylic acids is 1. The van der Waals surface area contributed by atoms with Crippen LogP contribution in [0.1, 0.15) is 26.2 Å². The molecule has 0 heterocycles. The quantitative estimate of drug-likeness (QED) is 0.333. The van der Waals surface area contributed by atoms with Crippen molar-refractivity contribution >= 4 is 6.29 Å². The maximum Gasteiger partial charge on any atom is 0.149 e. The van der Waals surface area contributed by atoms with E-state index in [9.17, 15) is 4.79 Å². The highest BCUT2D eigenvalue weighted by molar-refractivity contribution is 5.72. The summed E-state index contributed by atoms with van der Waals surface area (Å²) in [6.45, 7) is 2.09. The van der Waals surface area contributed by atoms with Crippen molar-refractivity contribution in [1.29, 1.82) is 0 Å². The molecule has 0 saturated carbocycles. The van der Waals surface area contributed by atoms with Crippen LogP contribution in [0.3, 0.4) is 0 Å². The Hall–Kier alpha value is -0.790. The van der Waals surface area contributed by atoms with E-state index < -0.39 is 0 Å². The lowest BCUT2D eigenvalue weighted by atomic mass is 10.1. The van der Waals surface area contributed by atoms with E-state index in [4.69, 9.17) is 4.74 Å². The molecule has 0 atom stereocenters. The smallest absolute Gasteiger partial charge is 0.149 e. The normalized spacial score (nSPS) is 11.2. The lowest BCUT2D eigenvalue weighted by molar-refractivity contribution is -0.105. The number of hydrogen-bond acceptors (Lipinski definition) is 2. The van der Waals surface area contributed by atoms with Crippen molar-refractivity contribution in [2.45, 2.75) is 26.2 Å². The summed E-state index contributed by atoms with van der Waals surface area (Å²) in [5, 5.41) is 0. The van der Waals surface area contributed by atoms with Gasteiger partial charge in [-0.1, -0.05) is 13.3 Å². The predicted octanol–water partition coefficient (Wildman–Crippen LogP) is 1.91. The number of unbranched alkanes of at least 4 members (excludes halogenated alkanes) is 1. The first-order valence-electron chi connectivity index (χ1n) is 3.52. The topological polar surface area (TPSA) is 26.3 Å². The molecule has 10 heavy (non-hydrogen) atoms. The van der Waals surface area contributed by atoms with Gasteiger partial charge < -0.3 is 4.74 Å². The zero-order valence-electron chi connectivity index (χ0n) is 6.59. The summed E-state index contributed by atoms with van der Waals surface area (Å²) >= 11 is 0. The first-order chi connectivity index (χ1) is 4.85. The van der Waals surface area contributed by atoms with E-state index in [2.05, 4.69) is 6.92 Å². The van der Waals surface area contributed by atoms with Gasteiger partial charge in [0.05, 0.1) is 13.4 Å². The van der Waals surface area contributed by atoms with E-state index in [1.54, 1.807) is 7.11 Å².